The Morgan fingerprint density at radius 3 is 2.54 bits per heavy atom. The van der Waals surface area contributed by atoms with Gasteiger partial charge in [0.1, 0.15) is 0 Å². The Bertz CT molecular complexity index is 404. The lowest BCUT2D eigenvalue weighted by molar-refractivity contribution is 1.40. The fourth-order valence-corrected chi connectivity index (χ4v) is 1.32. The zero-order chi connectivity index (χ0) is 9.26. The zero-order valence-corrected chi connectivity index (χ0v) is 7.12. The first-order valence-corrected chi connectivity index (χ1v) is 4.06. The topological polar surface area (TPSA) is 67.8 Å². The van der Waals surface area contributed by atoms with Crippen molar-refractivity contribution in [1.82, 2.24) is 4.98 Å². The molecular formula is C10H11N3. The molecule has 1 aromatic carbocycles. The number of hydrogen-bond acceptors (Lipinski definition) is 2. The van der Waals surface area contributed by atoms with E-state index in [0.717, 1.165) is 11.3 Å². The van der Waals surface area contributed by atoms with Crippen molar-refractivity contribution in [2.45, 2.75) is 0 Å². The summed E-state index contributed by atoms with van der Waals surface area (Å²) in [7, 11) is 0. The molecule has 0 saturated carbocycles. The van der Waals surface area contributed by atoms with E-state index in [1.165, 1.54) is 0 Å². The molecule has 0 radical (unpaired) electrons. The van der Waals surface area contributed by atoms with Crippen molar-refractivity contribution in [2.24, 2.45) is 0 Å². The standard InChI is InChI=1S/C10H11N3/c11-7-3-4-8(9(12)6-7)10-2-1-5-13-10/h1-6,13H,11-12H2. The Labute approximate surface area is 76.4 Å². The number of rotatable bonds is 1. The van der Waals surface area contributed by atoms with Crippen LogP contribution in [0.25, 0.3) is 11.3 Å². The predicted octanol–water partition coefficient (Wildman–Crippen LogP) is 1.85. The molecule has 3 nitrogen and oxygen atoms in total. The number of anilines is 2. The van der Waals surface area contributed by atoms with Crippen molar-refractivity contribution in [1.29, 1.82) is 0 Å². The SMILES string of the molecule is Nc1ccc(-c2ccc[nH]2)c(N)c1. The van der Waals surface area contributed by atoms with Crippen LogP contribution in [0.15, 0.2) is 36.5 Å². The van der Waals surface area contributed by atoms with Gasteiger partial charge in [-0.3, -0.25) is 0 Å². The monoisotopic (exact) mass is 173 g/mol. The van der Waals surface area contributed by atoms with Crippen LogP contribution in [0.4, 0.5) is 11.4 Å². The fraction of sp³-hybridized carbons (Fsp3) is 0. The van der Waals surface area contributed by atoms with Gasteiger partial charge in [-0.15, -0.1) is 0 Å². The summed E-state index contributed by atoms with van der Waals surface area (Å²) in [5.41, 5.74) is 14.8. The van der Waals surface area contributed by atoms with Crippen LogP contribution in [0.2, 0.25) is 0 Å². The van der Waals surface area contributed by atoms with Gasteiger partial charge in [0.05, 0.1) is 0 Å². The van der Waals surface area contributed by atoms with Crippen molar-refractivity contribution in [3.05, 3.63) is 36.5 Å². The molecule has 2 aromatic rings. The van der Waals surface area contributed by atoms with Gasteiger partial charge in [-0.2, -0.15) is 0 Å². The summed E-state index contributed by atoms with van der Waals surface area (Å²) in [6.45, 7) is 0. The fourth-order valence-electron chi connectivity index (χ4n) is 1.32. The summed E-state index contributed by atoms with van der Waals surface area (Å²) in [6, 6.07) is 9.42. The lowest BCUT2D eigenvalue weighted by atomic mass is 10.1. The highest BCUT2D eigenvalue weighted by Gasteiger charge is 2.02. The second-order valence-corrected chi connectivity index (χ2v) is 2.93. The van der Waals surface area contributed by atoms with Gasteiger partial charge in [0.15, 0.2) is 0 Å². The van der Waals surface area contributed by atoms with E-state index < -0.39 is 0 Å². The molecule has 0 atom stereocenters. The van der Waals surface area contributed by atoms with Gasteiger partial charge in [-0.25, -0.2) is 0 Å². The molecule has 1 heterocycles. The number of nitrogen functional groups attached to an aromatic ring is 2. The Morgan fingerprint density at radius 2 is 1.92 bits per heavy atom. The molecule has 1 aromatic heterocycles. The summed E-state index contributed by atoms with van der Waals surface area (Å²) in [6.07, 6.45) is 1.87. The number of hydrogen-bond donors (Lipinski definition) is 3. The number of nitrogens with one attached hydrogen (secondary N) is 1. The maximum Gasteiger partial charge on any atom is 0.0474 e. The first-order chi connectivity index (χ1) is 6.27. The first-order valence-electron chi connectivity index (χ1n) is 4.06. The van der Waals surface area contributed by atoms with Crippen molar-refractivity contribution < 1.29 is 0 Å². The van der Waals surface area contributed by atoms with Crippen LogP contribution in [-0.2, 0) is 0 Å². The highest BCUT2D eigenvalue weighted by Crippen LogP contribution is 2.25. The van der Waals surface area contributed by atoms with E-state index >= 15 is 0 Å². The summed E-state index contributed by atoms with van der Waals surface area (Å²) in [5.74, 6) is 0. The Kier molecular flexibility index (Phi) is 1.70. The molecule has 0 fully saturated rings. The largest absolute Gasteiger partial charge is 0.399 e. The molecular weight excluding hydrogens is 162 g/mol. The maximum atomic E-state index is 5.81. The molecule has 0 amide bonds. The van der Waals surface area contributed by atoms with E-state index in [1.807, 2.05) is 30.5 Å². The number of benzene rings is 1. The van der Waals surface area contributed by atoms with Crippen LogP contribution in [-0.4, -0.2) is 4.98 Å². The van der Waals surface area contributed by atoms with Crippen molar-refractivity contribution >= 4 is 11.4 Å². The Morgan fingerprint density at radius 1 is 1.08 bits per heavy atom. The normalized spacial score (nSPS) is 10.2. The van der Waals surface area contributed by atoms with Gasteiger partial charge in [0.25, 0.3) is 0 Å². The third-order valence-electron chi connectivity index (χ3n) is 1.96. The average molecular weight is 173 g/mol. The smallest absolute Gasteiger partial charge is 0.0474 e. The predicted molar refractivity (Wildman–Crippen MR) is 55.1 cm³/mol. The molecule has 0 aliphatic rings. The molecule has 3 heteroatoms. The van der Waals surface area contributed by atoms with E-state index in [4.69, 9.17) is 11.5 Å². The summed E-state index contributed by atoms with van der Waals surface area (Å²) in [5, 5.41) is 0. The molecule has 66 valence electrons. The first kappa shape index (κ1) is 7.73. The summed E-state index contributed by atoms with van der Waals surface area (Å²) < 4.78 is 0. The zero-order valence-electron chi connectivity index (χ0n) is 7.12. The minimum atomic E-state index is 0.688. The lowest BCUT2D eigenvalue weighted by Crippen LogP contribution is -1.92. The van der Waals surface area contributed by atoms with Crippen LogP contribution in [0.5, 0.6) is 0 Å². The van der Waals surface area contributed by atoms with E-state index in [-0.39, 0.29) is 0 Å². The summed E-state index contributed by atoms with van der Waals surface area (Å²) in [4.78, 5) is 3.09. The molecule has 0 unspecified atom stereocenters. The molecule has 0 spiro atoms. The van der Waals surface area contributed by atoms with E-state index in [2.05, 4.69) is 4.98 Å². The van der Waals surface area contributed by atoms with Crippen molar-refractivity contribution in [3.63, 3.8) is 0 Å². The van der Waals surface area contributed by atoms with Gasteiger partial charge >= 0.3 is 0 Å². The van der Waals surface area contributed by atoms with Gasteiger partial charge in [-0.1, -0.05) is 0 Å². The maximum absolute atomic E-state index is 5.81. The molecule has 13 heavy (non-hydrogen) atoms. The number of H-pyrrole nitrogens is 1. The lowest BCUT2D eigenvalue weighted by Gasteiger charge is -2.03. The van der Waals surface area contributed by atoms with Gasteiger partial charge in [-0.05, 0) is 30.3 Å². The molecule has 0 bridgehead atoms. The second kappa shape index (κ2) is 2.86. The van der Waals surface area contributed by atoms with E-state index in [1.54, 1.807) is 6.07 Å². The number of aromatic amines is 1. The molecule has 2 rings (SSSR count). The molecule has 0 aliphatic carbocycles. The quantitative estimate of drug-likeness (QED) is 0.576. The van der Waals surface area contributed by atoms with E-state index in [0.29, 0.717) is 11.4 Å². The van der Waals surface area contributed by atoms with Gasteiger partial charge in [0, 0.05) is 28.8 Å². The van der Waals surface area contributed by atoms with Crippen molar-refractivity contribution in [3.8, 4) is 11.3 Å². The molecule has 0 saturated heterocycles. The minimum Gasteiger partial charge on any atom is -0.399 e. The summed E-state index contributed by atoms with van der Waals surface area (Å²) >= 11 is 0. The third-order valence-corrected chi connectivity index (χ3v) is 1.96. The van der Waals surface area contributed by atoms with Crippen LogP contribution in [0.3, 0.4) is 0 Å². The number of aromatic nitrogens is 1. The highest BCUT2D eigenvalue weighted by molar-refractivity contribution is 5.76. The third kappa shape index (κ3) is 1.36. The minimum absolute atomic E-state index is 0.688. The molecule has 5 N–H and O–H groups in total. The van der Waals surface area contributed by atoms with Crippen LogP contribution in [0, 0.1) is 0 Å². The Balaban J connectivity index is 2.53. The number of nitrogens with two attached hydrogens (primary N) is 2. The van der Waals surface area contributed by atoms with Gasteiger partial charge in [0.2, 0.25) is 0 Å². The van der Waals surface area contributed by atoms with Crippen LogP contribution < -0.4 is 11.5 Å². The second-order valence-electron chi connectivity index (χ2n) is 2.93. The Hall–Kier alpha value is -1.90. The van der Waals surface area contributed by atoms with Crippen LogP contribution in [0.1, 0.15) is 0 Å². The van der Waals surface area contributed by atoms with Gasteiger partial charge < -0.3 is 16.5 Å². The highest BCUT2D eigenvalue weighted by atomic mass is 14.7. The average Bonchev–Trinajstić information content (AvgIpc) is 2.56. The van der Waals surface area contributed by atoms with Crippen molar-refractivity contribution in [2.75, 3.05) is 11.5 Å². The van der Waals surface area contributed by atoms with Crippen LogP contribution >= 0.6 is 0 Å². The molecule has 0 aliphatic heterocycles. The van der Waals surface area contributed by atoms with E-state index in [9.17, 15) is 0 Å².